The molecular weight excluding hydrogens is 394 g/mol. The van der Waals surface area contributed by atoms with Gasteiger partial charge in [-0.1, -0.05) is 15.9 Å². The monoisotopic (exact) mass is 417 g/mol. The first-order valence-corrected chi connectivity index (χ1v) is 9.64. The number of amides is 2. The predicted octanol–water partition coefficient (Wildman–Crippen LogP) is 1.32. The summed E-state index contributed by atoms with van der Waals surface area (Å²) >= 11 is 3.66. The van der Waals surface area contributed by atoms with Crippen molar-refractivity contribution in [2.24, 2.45) is 22.9 Å². The minimum Gasteiger partial charge on any atom is -0.349 e. The molecule has 0 radical (unpaired) electrons. The first kappa shape index (κ1) is 18.8. The average Bonchev–Trinajstić information content (AvgIpc) is 3.08. The van der Waals surface area contributed by atoms with E-state index in [1.807, 2.05) is 0 Å². The summed E-state index contributed by atoms with van der Waals surface area (Å²) in [6, 6.07) is 0. The van der Waals surface area contributed by atoms with Gasteiger partial charge in [0, 0.05) is 28.8 Å². The molecule has 2 amide bonds. The van der Waals surface area contributed by atoms with Crippen LogP contribution in [0.25, 0.3) is 0 Å². The van der Waals surface area contributed by atoms with Crippen molar-refractivity contribution in [2.75, 3.05) is 6.79 Å². The first-order chi connectivity index (χ1) is 12.1. The van der Waals surface area contributed by atoms with E-state index in [9.17, 15) is 9.59 Å². The highest BCUT2D eigenvalue weighted by Crippen LogP contribution is 2.35. The van der Waals surface area contributed by atoms with Crippen molar-refractivity contribution in [1.29, 1.82) is 0 Å². The van der Waals surface area contributed by atoms with Crippen LogP contribution in [0.2, 0.25) is 0 Å². The largest absolute Gasteiger partial charge is 0.349 e. The number of hydrogen-bond donors (Lipinski definition) is 3. The Bertz CT molecular complexity index is 524. The number of hydrogen-bond acceptors (Lipinski definition) is 6. The van der Waals surface area contributed by atoms with Gasteiger partial charge in [-0.3, -0.25) is 14.8 Å². The summed E-state index contributed by atoms with van der Waals surface area (Å²) in [6.45, 7) is 0.354. The van der Waals surface area contributed by atoms with Crippen LogP contribution < -0.4 is 10.9 Å². The number of hydrazone groups is 1. The summed E-state index contributed by atoms with van der Waals surface area (Å²) in [5.74, 6) is -0.641. The Labute approximate surface area is 154 Å². The molecule has 0 aromatic heterocycles. The predicted molar refractivity (Wildman–Crippen MR) is 92.1 cm³/mol. The first-order valence-electron chi connectivity index (χ1n) is 8.72. The summed E-state index contributed by atoms with van der Waals surface area (Å²) in [5.41, 5.74) is 4.31. The molecule has 140 valence electrons. The normalized spacial score (nSPS) is 38.3. The van der Waals surface area contributed by atoms with Gasteiger partial charge in [0.15, 0.2) is 0 Å². The molecule has 2 aliphatic carbocycles. The number of ether oxygens (including phenoxy) is 2. The molecule has 8 nitrogen and oxygen atoms in total. The van der Waals surface area contributed by atoms with E-state index in [0.29, 0.717) is 32.5 Å². The molecule has 0 aromatic carbocycles. The molecule has 3 aliphatic rings. The second-order valence-electron chi connectivity index (χ2n) is 6.96. The summed E-state index contributed by atoms with van der Waals surface area (Å²) in [7, 11) is 0. The van der Waals surface area contributed by atoms with E-state index in [4.69, 9.17) is 14.7 Å². The van der Waals surface area contributed by atoms with E-state index < -0.39 is 0 Å². The molecule has 25 heavy (non-hydrogen) atoms. The van der Waals surface area contributed by atoms with Crippen molar-refractivity contribution in [1.82, 2.24) is 10.9 Å². The fourth-order valence-electron chi connectivity index (χ4n) is 3.83. The number of halogens is 1. The summed E-state index contributed by atoms with van der Waals surface area (Å²) in [6.07, 6.45) is 6.16. The van der Waals surface area contributed by atoms with Crippen LogP contribution in [0.3, 0.4) is 0 Å². The van der Waals surface area contributed by atoms with Crippen molar-refractivity contribution in [3.8, 4) is 0 Å². The van der Waals surface area contributed by atoms with E-state index in [2.05, 4.69) is 26.5 Å². The number of carbonyl (C=O) groups excluding carboxylic acids is 2. The van der Waals surface area contributed by atoms with Gasteiger partial charge in [0.2, 0.25) is 11.8 Å². The number of nitrogens with one attached hydrogen (secondary N) is 2. The van der Waals surface area contributed by atoms with Crippen LogP contribution >= 0.6 is 15.9 Å². The Balaban J connectivity index is 1.43. The Kier molecular flexibility index (Phi) is 6.43. The molecular formula is C16H24BrN3O5. The van der Waals surface area contributed by atoms with E-state index in [0.717, 1.165) is 12.8 Å². The van der Waals surface area contributed by atoms with Crippen molar-refractivity contribution < 1.29 is 24.3 Å². The van der Waals surface area contributed by atoms with Crippen LogP contribution in [0.4, 0.5) is 0 Å². The highest BCUT2D eigenvalue weighted by Gasteiger charge is 2.40. The lowest BCUT2D eigenvalue weighted by molar-refractivity contribution is -0.136. The Morgan fingerprint density at radius 1 is 1.04 bits per heavy atom. The third-order valence-electron chi connectivity index (χ3n) is 5.43. The maximum Gasteiger partial charge on any atom is 0.246 e. The van der Waals surface area contributed by atoms with Gasteiger partial charge >= 0.3 is 0 Å². The van der Waals surface area contributed by atoms with Gasteiger partial charge in [0.25, 0.3) is 0 Å². The highest BCUT2D eigenvalue weighted by atomic mass is 79.9. The molecule has 3 fully saturated rings. The SMILES string of the molecule is O=C(NO)C1CCC(C(=O)N/N=C/C2CC3OCOC3CC2Br)CC1. The Hall–Kier alpha value is -1.03. The highest BCUT2D eigenvalue weighted by molar-refractivity contribution is 9.09. The van der Waals surface area contributed by atoms with Gasteiger partial charge in [-0.05, 0) is 38.5 Å². The van der Waals surface area contributed by atoms with Gasteiger partial charge in [-0.2, -0.15) is 5.10 Å². The molecule has 4 atom stereocenters. The zero-order valence-corrected chi connectivity index (χ0v) is 15.5. The van der Waals surface area contributed by atoms with Crippen LogP contribution in [0.1, 0.15) is 38.5 Å². The van der Waals surface area contributed by atoms with Crippen LogP contribution in [0.15, 0.2) is 5.10 Å². The number of carbonyl (C=O) groups is 2. The molecule has 0 spiro atoms. The fraction of sp³-hybridized carbons (Fsp3) is 0.812. The summed E-state index contributed by atoms with van der Waals surface area (Å²) in [4.78, 5) is 23.9. The van der Waals surface area contributed by atoms with Crippen molar-refractivity contribution >= 4 is 34.0 Å². The third-order valence-corrected chi connectivity index (χ3v) is 6.48. The van der Waals surface area contributed by atoms with Crippen LogP contribution in [-0.4, -0.2) is 47.1 Å². The van der Waals surface area contributed by atoms with Gasteiger partial charge in [-0.25, -0.2) is 10.9 Å². The quantitative estimate of drug-likeness (QED) is 0.276. The van der Waals surface area contributed by atoms with Gasteiger partial charge in [0.05, 0.1) is 12.2 Å². The molecule has 1 aliphatic heterocycles. The average molecular weight is 418 g/mol. The van der Waals surface area contributed by atoms with E-state index >= 15 is 0 Å². The van der Waals surface area contributed by atoms with E-state index in [-0.39, 0.29) is 46.6 Å². The Morgan fingerprint density at radius 2 is 1.64 bits per heavy atom. The number of nitrogens with zero attached hydrogens (tertiary/aromatic N) is 1. The second-order valence-corrected chi connectivity index (χ2v) is 8.13. The lowest BCUT2D eigenvalue weighted by atomic mass is 9.81. The maximum atomic E-state index is 12.2. The smallest absolute Gasteiger partial charge is 0.246 e. The van der Waals surface area contributed by atoms with Crippen LogP contribution in [-0.2, 0) is 19.1 Å². The molecule has 1 heterocycles. The summed E-state index contributed by atoms with van der Waals surface area (Å²) in [5, 5.41) is 12.8. The standard InChI is InChI=1S/C16H24BrN3O5/c17-12-6-14-13(24-8-25-14)5-11(12)7-18-19-15(21)9-1-3-10(4-2-9)16(22)20-23/h7,9-14,23H,1-6,8H2,(H,19,21)(H,20,22)/b18-7+. The van der Waals surface area contributed by atoms with Gasteiger partial charge in [0.1, 0.15) is 6.79 Å². The second kappa shape index (κ2) is 8.57. The maximum absolute atomic E-state index is 12.2. The minimum atomic E-state index is -0.367. The topological polar surface area (TPSA) is 109 Å². The number of fused-ring (bicyclic) bond motifs is 1. The number of alkyl halides is 1. The third kappa shape index (κ3) is 4.58. The Morgan fingerprint density at radius 3 is 2.28 bits per heavy atom. The van der Waals surface area contributed by atoms with Gasteiger partial charge in [-0.15, -0.1) is 0 Å². The molecule has 1 saturated heterocycles. The zero-order valence-electron chi connectivity index (χ0n) is 13.9. The molecule has 0 bridgehead atoms. The van der Waals surface area contributed by atoms with Crippen molar-refractivity contribution in [3.63, 3.8) is 0 Å². The van der Waals surface area contributed by atoms with Crippen LogP contribution in [0.5, 0.6) is 0 Å². The van der Waals surface area contributed by atoms with E-state index in [1.54, 1.807) is 11.7 Å². The van der Waals surface area contributed by atoms with E-state index in [1.165, 1.54) is 0 Å². The fourth-order valence-corrected chi connectivity index (χ4v) is 4.55. The summed E-state index contributed by atoms with van der Waals surface area (Å²) < 4.78 is 11.1. The lowest BCUT2D eigenvalue weighted by Gasteiger charge is -2.31. The lowest BCUT2D eigenvalue weighted by Crippen LogP contribution is -2.39. The van der Waals surface area contributed by atoms with Crippen LogP contribution in [0, 0.1) is 17.8 Å². The molecule has 3 N–H and O–H groups in total. The molecule has 9 heteroatoms. The van der Waals surface area contributed by atoms with Crippen molar-refractivity contribution in [2.45, 2.75) is 55.6 Å². The van der Waals surface area contributed by atoms with Gasteiger partial charge < -0.3 is 9.47 Å². The zero-order chi connectivity index (χ0) is 17.8. The molecule has 4 unspecified atom stereocenters. The number of hydroxylamine groups is 1. The molecule has 0 aromatic rings. The van der Waals surface area contributed by atoms with Crippen molar-refractivity contribution in [3.05, 3.63) is 0 Å². The number of rotatable bonds is 4. The molecule has 2 saturated carbocycles. The molecule has 3 rings (SSSR count). The minimum absolute atomic E-state index is 0.105.